The lowest BCUT2D eigenvalue weighted by atomic mass is 10.1. The Morgan fingerprint density at radius 2 is 1.86 bits per heavy atom. The average Bonchev–Trinajstić information content (AvgIpc) is 3.21. The zero-order valence-electron chi connectivity index (χ0n) is 15.6. The van der Waals surface area contributed by atoms with Crippen LogP contribution in [0.15, 0.2) is 60.0 Å². The van der Waals surface area contributed by atoms with Crippen molar-refractivity contribution in [3.05, 3.63) is 76.4 Å². The van der Waals surface area contributed by atoms with E-state index in [9.17, 15) is 18.5 Å². The normalized spacial score (nSPS) is 12.9. The van der Waals surface area contributed by atoms with Gasteiger partial charge in [-0.05, 0) is 37.1 Å². The van der Waals surface area contributed by atoms with Crippen molar-refractivity contribution >= 4 is 15.7 Å². The molecule has 0 aliphatic heterocycles. The molecule has 3 aromatic rings. The average molecular weight is 401 g/mol. The van der Waals surface area contributed by atoms with Crippen LogP contribution in [-0.2, 0) is 10.0 Å². The van der Waals surface area contributed by atoms with Crippen LogP contribution in [0.25, 0.3) is 5.69 Å². The largest absolute Gasteiger partial charge is 0.270 e. The van der Waals surface area contributed by atoms with E-state index in [0.717, 1.165) is 17.3 Å². The molecule has 0 saturated carbocycles. The van der Waals surface area contributed by atoms with Gasteiger partial charge in [-0.1, -0.05) is 18.2 Å². The van der Waals surface area contributed by atoms with Crippen molar-refractivity contribution in [3.63, 3.8) is 0 Å². The van der Waals surface area contributed by atoms with Gasteiger partial charge in [0.25, 0.3) is 5.69 Å². The molecule has 2 aromatic carbocycles. The molecule has 1 heterocycles. The van der Waals surface area contributed by atoms with Crippen LogP contribution in [0, 0.1) is 17.0 Å². The van der Waals surface area contributed by atoms with Crippen molar-refractivity contribution in [2.45, 2.75) is 24.8 Å². The summed E-state index contributed by atoms with van der Waals surface area (Å²) in [7, 11) is -2.46. The Balaban J connectivity index is 1.91. The van der Waals surface area contributed by atoms with Gasteiger partial charge in [-0.2, -0.15) is 9.40 Å². The summed E-state index contributed by atoms with van der Waals surface area (Å²) in [5.74, 6) is 0. The van der Waals surface area contributed by atoms with Gasteiger partial charge in [0.05, 0.1) is 15.5 Å². The molecule has 0 bridgehead atoms. The summed E-state index contributed by atoms with van der Waals surface area (Å²) in [6, 6.07) is 10.6. The highest BCUT2D eigenvalue weighted by Gasteiger charge is 2.29. The third-order valence-corrected chi connectivity index (χ3v) is 6.71. The molecule has 9 nitrogen and oxygen atoms in total. The summed E-state index contributed by atoms with van der Waals surface area (Å²) in [6.07, 6.45) is 3.00. The molecule has 10 heteroatoms. The highest BCUT2D eigenvalue weighted by molar-refractivity contribution is 7.89. The van der Waals surface area contributed by atoms with E-state index >= 15 is 0 Å². The first-order valence-corrected chi connectivity index (χ1v) is 9.84. The van der Waals surface area contributed by atoms with Gasteiger partial charge in [0.1, 0.15) is 12.7 Å². The van der Waals surface area contributed by atoms with Crippen molar-refractivity contribution in [3.8, 4) is 5.69 Å². The van der Waals surface area contributed by atoms with Gasteiger partial charge in [0.2, 0.25) is 10.0 Å². The first kappa shape index (κ1) is 19.6. The summed E-state index contributed by atoms with van der Waals surface area (Å²) in [5.41, 5.74) is 1.76. The predicted molar refractivity (Wildman–Crippen MR) is 103 cm³/mol. The highest BCUT2D eigenvalue weighted by Crippen LogP contribution is 2.29. The van der Waals surface area contributed by atoms with Crippen molar-refractivity contribution in [2.24, 2.45) is 0 Å². The van der Waals surface area contributed by atoms with Gasteiger partial charge >= 0.3 is 0 Å². The molecule has 0 radical (unpaired) electrons. The van der Waals surface area contributed by atoms with Gasteiger partial charge in [-0.15, -0.1) is 0 Å². The van der Waals surface area contributed by atoms with Crippen molar-refractivity contribution in [1.82, 2.24) is 19.1 Å². The molecule has 0 aliphatic carbocycles. The van der Waals surface area contributed by atoms with E-state index in [1.807, 2.05) is 24.3 Å². The Hall–Kier alpha value is -3.11. The maximum atomic E-state index is 13.1. The number of nitro benzene ring substituents is 1. The SMILES string of the molecule is Cc1ccc([N+](=O)[O-])cc1S(=O)(=O)N(C)C(C)c1ccc(-n2cncn2)cc1. The fourth-order valence-electron chi connectivity index (χ4n) is 2.80. The molecule has 0 saturated heterocycles. The van der Waals surface area contributed by atoms with Crippen LogP contribution < -0.4 is 0 Å². The molecular weight excluding hydrogens is 382 g/mol. The number of aromatic nitrogens is 3. The molecule has 0 amide bonds. The molecule has 0 fully saturated rings. The van der Waals surface area contributed by atoms with Crippen molar-refractivity contribution in [2.75, 3.05) is 7.05 Å². The summed E-state index contributed by atoms with van der Waals surface area (Å²) < 4.78 is 29.0. The quantitative estimate of drug-likeness (QED) is 0.464. The number of rotatable bonds is 6. The number of sulfonamides is 1. The second kappa shape index (κ2) is 7.49. The number of hydrogen-bond acceptors (Lipinski definition) is 6. The van der Waals surface area contributed by atoms with E-state index < -0.39 is 21.0 Å². The van der Waals surface area contributed by atoms with E-state index in [1.54, 1.807) is 24.9 Å². The lowest BCUT2D eigenvalue weighted by molar-refractivity contribution is -0.385. The third kappa shape index (κ3) is 3.64. The lowest BCUT2D eigenvalue weighted by Gasteiger charge is -2.25. The molecule has 146 valence electrons. The fourth-order valence-corrected chi connectivity index (χ4v) is 4.39. The number of nitrogens with zero attached hydrogens (tertiary/aromatic N) is 5. The minimum atomic E-state index is -3.93. The van der Waals surface area contributed by atoms with E-state index in [0.29, 0.717) is 5.56 Å². The minimum Gasteiger partial charge on any atom is -0.258 e. The van der Waals surface area contributed by atoms with Crippen LogP contribution in [0.5, 0.6) is 0 Å². The van der Waals surface area contributed by atoms with Crippen LogP contribution >= 0.6 is 0 Å². The molecule has 0 N–H and O–H groups in total. The second-order valence-electron chi connectivity index (χ2n) is 6.34. The van der Waals surface area contributed by atoms with Gasteiger partial charge in [-0.3, -0.25) is 10.1 Å². The summed E-state index contributed by atoms with van der Waals surface area (Å²) >= 11 is 0. The lowest BCUT2D eigenvalue weighted by Crippen LogP contribution is -2.30. The Labute approximate surface area is 162 Å². The zero-order chi connectivity index (χ0) is 20.5. The summed E-state index contributed by atoms with van der Waals surface area (Å²) in [6.45, 7) is 3.37. The van der Waals surface area contributed by atoms with Crippen molar-refractivity contribution in [1.29, 1.82) is 0 Å². The van der Waals surface area contributed by atoms with Gasteiger partial charge < -0.3 is 0 Å². The maximum Gasteiger partial charge on any atom is 0.270 e. The van der Waals surface area contributed by atoms with E-state index in [1.165, 1.54) is 29.8 Å². The standard InChI is InChI=1S/C18H19N5O4S/c1-13-4-7-17(23(24)25)10-18(13)28(26,27)21(3)14(2)15-5-8-16(9-6-15)22-12-19-11-20-22/h4-12,14H,1-3H3. The molecular formula is C18H19N5O4S. The molecule has 3 rings (SSSR count). The number of benzene rings is 2. The maximum absolute atomic E-state index is 13.1. The van der Waals surface area contributed by atoms with Gasteiger partial charge in [0.15, 0.2) is 0 Å². The summed E-state index contributed by atoms with van der Waals surface area (Å²) in [4.78, 5) is 14.2. The molecule has 0 aliphatic rings. The highest BCUT2D eigenvalue weighted by atomic mass is 32.2. The molecule has 1 aromatic heterocycles. The van der Waals surface area contributed by atoms with Crippen LogP contribution in [0.1, 0.15) is 24.1 Å². The number of nitro groups is 1. The predicted octanol–water partition coefficient (Wildman–Crippen LogP) is 2.87. The smallest absolute Gasteiger partial charge is 0.258 e. The van der Waals surface area contributed by atoms with Crippen LogP contribution in [-0.4, -0.2) is 39.5 Å². The van der Waals surface area contributed by atoms with E-state index in [2.05, 4.69) is 10.1 Å². The molecule has 0 spiro atoms. The zero-order valence-corrected chi connectivity index (χ0v) is 16.4. The minimum absolute atomic E-state index is 0.0738. The van der Waals surface area contributed by atoms with E-state index in [4.69, 9.17) is 0 Å². The molecule has 1 atom stereocenters. The molecule has 1 unspecified atom stereocenters. The van der Waals surface area contributed by atoms with Gasteiger partial charge in [0, 0.05) is 25.2 Å². The Kier molecular flexibility index (Phi) is 5.25. The van der Waals surface area contributed by atoms with Crippen LogP contribution in [0.3, 0.4) is 0 Å². The Bertz CT molecular complexity index is 1100. The van der Waals surface area contributed by atoms with Crippen molar-refractivity contribution < 1.29 is 13.3 Å². The first-order valence-electron chi connectivity index (χ1n) is 8.40. The first-order chi connectivity index (χ1) is 13.2. The number of aryl methyl sites for hydroxylation is 1. The molecule has 28 heavy (non-hydrogen) atoms. The second-order valence-corrected chi connectivity index (χ2v) is 8.30. The fraction of sp³-hybridized carbons (Fsp3) is 0.222. The van der Waals surface area contributed by atoms with Gasteiger partial charge in [-0.25, -0.2) is 18.1 Å². The van der Waals surface area contributed by atoms with Crippen LogP contribution in [0.2, 0.25) is 0 Å². The Morgan fingerprint density at radius 1 is 1.18 bits per heavy atom. The third-order valence-electron chi connectivity index (χ3n) is 4.64. The monoisotopic (exact) mass is 401 g/mol. The summed E-state index contributed by atoms with van der Waals surface area (Å²) in [5, 5.41) is 15.1. The Morgan fingerprint density at radius 3 is 2.43 bits per heavy atom. The van der Waals surface area contributed by atoms with E-state index in [-0.39, 0.29) is 10.6 Å². The number of hydrogen-bond donors (Lipinski definition) is 0. The number of non-ortho nitro benzene ring substituents is 1. The van der Waals surface area contributed by atoms with Crippen LogP contribution in [0.4, 0.5) is 5.69 Å². The topological polar surface area (TPSA) is 111 Å².